The van der Waals surface area contributed by atoms with E-state index in [1.165, 1.54) is 0 Å². The van der Waals surface area contributed by atoms with Crippen molar-refractivity contribution in [3.05, 3.63) is 59.2 Å². The van der Waals surface area contributed by atoms with Crippen molar-refractivity contribution in [3.63, 3.8) is 0 Å². The third-order valence-electron chi connectivity index (χ3n) is 4.97. The van der Waals surface area contributed by atoms with E-state index < -0.39 is 5.41 Å². The Morgan fingerprint density at radius 3 is 2.32 bits per heavy atom. The summed E-state index contributed by atoms with van der Waals surface area (Å²) in [5, 5.41) is 5.84. The van der Waals surface area contributed by atoms with E-state index in [4.69, 9.17) is 4.74 Å². The van der Waals surface area contributed by atoms with Gasteiger partial charge in [0.1, 0.15) is 11.2 Å². The standard InChI is InChI=1S/C23H30N2O3/c1-6-18-9-7-8-16(2)20(18)25-22(27)23(3,4)21(26)24-15-14-17-10-12-19(28-5)13-11-17/h7-13H,6,14-15H2,1-5H3,(H,24,26)(H,25,27). The van der Waals surface area contributed by atoms with Gasteiger partial charge in [-0.1, -0.05) is 37.3 Å². The van der Waals surface area contributed by atoms with Crippen LogP contribution in [0.15, 0.2) is 42.5 Å². The summed E-state index contributed by atoms with van der Waals surface area (Å²) in [5.74, 6) is 0.205. The molecule has 0 radical (unpaired) electrons. The molecule has 0 aliphatic heterocycles. The molecule has 0 bridgehead atoms. The van der Waals surface area contributed by atoms with Crippen LogP contribution in [0.1, 0.15) is 37.5 Å². The predicted molar refractivity (Wildman–Crippen MR) is 113 cm³/mol. The maximum Gasteiger partial charge on any atom is 0.239 e. The van der Waals surface area contributed by atoms with Gasteiger partial charge < -0.3 is 15.4 Å². The van der Waals surface area contributed by atoms with Gasteiger partial charge in [0.05, 0.1) is 7.11 Å². The van der Waals surface area contributed by atoms with E-state index in [0.717, 1.165) is 34.5 Å². The first-order valence-corrected chi connectivity index (χ1v) is 9.60. The second-order valence-electron chi connectivity index (χ2n) is 7.40. The summed E-state index contributed by atoms with van der Waals surface area (Å²) in [6.07, 6.45) is 1.50. The maximum atomic E-state index is 12.8. The number of rotatable bonds is 8. The summed E-state index contributed by atoms with van der Waals surface area (Å²) in [5.41, 5.74) is 2.77. The SMILES string of the molecule is CCc1cccc(C)c1NC(=O)C(C)(C)C(=O)NCCc1ccc(OC)cc1. The van der Waals surface area contributed by atoms with Crippen molar-refractivity contribution in [2.45, 2.75) is 40.5 Å². The molecule has 150 valence electrons. The Hall–Kier alpha value is -2.82. The second-order valence-corrected chi connectivity index (χ2v) is 7.40. The molecule has 2 amide bonds. The normalized spacial score (nSPS) is 11.0. The molecule has 0 saturated heterocycles. The van der Waals surface area contributed by atoms with Crippen LogP contribution >= 0.6 is 0 Å². The summed E-state index contributed by atoms with van der Waals surface area (Å²) < 4.78 is 5.14. The summed E-state index contributed by atoms with van der Waals surface area (Å²) in [7, 11) is 1.63. The molecule has 0 aromatic heterocycles. The number of ether oxygens (including phenoxy) is 1. The van der Waals surface area contributed by atoms with Gasteiger partial charge in [-0.2, -0.15) is 0 Å². The molecule has 0 unspecified atom stereocenters. The quantitative estimate of drug-likeness (QED) is 0.681. The van der Waals surface area contributed by atoms with Crippen molar-refractivity contribution in [1.29, 1.82) is 0 Å². The molecule has 0 saturated carbocycles. The van der Waals surface area contributed by atoms with E-state index >= 15 is 0 Å². The molecule has 5 heteroatoms. The number of hydrogen-bond acceptors (Lipinski definition) is 3. The largest absolute Gasteiger partial charge is 0.497 e. The zero-order valence-corrected chi connectivity index (χ0v) is 17.4. The maximum absolute atomic E-state index is 12.8. The average Bonchev–Trinajstić information content (AvgIpc) is 2.69. The Morgan fingerprint density at radius 2 is 1.71 bits per heavy atom. The van der Waals surface area contributed by atoms with Crippen LogP contribution in [0.4, 0.5) is 5.69 Å². The Morgan fingerprint density at radius 1 is 1.04 bits per heavy atom. The third-order valence-corrected chi connectivity index (χ3v) is 4.97. The van der Waals surface area contributed by atoms with Gasteiger partial charge in [0.15, 0.2) is 0 Å². The van der Waals surface area contributed by atoms with Crippen molar-refractivity contribution in [3.8, 4) is 5.75 Å². The minimum atomic E-state index is -1.17. The van der Waals surface area contributed by atoms with Crippen LogP contribution in [0, 0.1) is 12.3 Å². The molecular weight excluding hydrogens is 352 g/mol. The van der Waals surface area contributed by atoms with Gasteiger partial charge in [-0.15, -0.1) is 0 Å². The molecule has 2 aromatic carbocycles. The fourth-order valence-electron chi connectivity index (χ4n) is 2.91. The lowest BCUT2D eigenvalue weighted by molar-refractivity contribution is -0.138. The van der Waals surface area contributed by atoms with E-state index in [0.29, 0.717) is 13.0 Å². The fraction of sp³-hybridized carbons (Fsp3) is 0.391. The first-order chi connectivity index (χ1) is 13.3. The van der Waals surface area contributed by atoms with Crippen LogP contribution in [0.3, 0.4) is 0 Å². The minimum Gasteiger partial charge on any atom is -0.497 e. The topological polar surface area (TPSA) is 67.4 Å². The number of benzene rings is 2. The Bertz CT molecular complexity index is 826. The van der Waals surface area contributed by atoms with Crippen LogP contribution in [0.5, 0.6) is 5.75 Å². The molecule has 0 fully saturated rings. The van der Waals surface area contributed by atoms with Gasteiger partial charge in [0.2, 0.25) is 11.8 Å². The van der Waals surface area contributed by atoms with E-state index in [1.54, 1.807) is 21.0 Å². The highest BCUT2D eigenvalue weighted by Crippen LogP contribution is 2.25. The van der Waals surface area contributed by atoms with Crippen molar-refractivity contribution < 1.29 is 14.3 Å². The smallest absolute Gasteiger partial charge is 0.239 e. The van der Waals surface area contributed by atoms with Crippen LogP contribution in [-0.4, -0.2) is 25.5 Å². The second kappa shape index (κ2) is 9.40. The monoisotopic (exact) mass is 382 g/mol. The van der Waals surface area contributed by atoms with Gasteiger partial charge in [0.25, 0.3) is 0 Å². The lowest BCUT2D eigenvalue weighted by Crippen LogP contribution is -2.45. The highest BCUT2D eigenvalue weighted by Gasteiger charge is 2.36. The molecule has 2 rings (SSSR count). The molecule has 2 N–H and O–H groups in total. The number of carbonyl (C=O) groups is 2. The first kappa shape index (κ1) is 21.5. The molecule has 28 heavy (non-hydrogen) atoms. The molecule has 2 aromatic rings. The van der Waals surface area contributed by atoms with Crippen molar-refractivity contribution in [2.24, 2.45) is 5.41 Å². The minimum absolute atomic E-state index is 0.287. The first-order valence-electron chi connectivity index (χ1n) is 9.60. The Kier molecular flexibility index (Phi) is 7.21. The number of nitrogens with one attached hydrogen (secondary N) is 2. The average molecular weight is 383 g/mol. The molecule has 0 aliphatic carbocycles. The zero-order valence-electron chi connectivity index (χ0n) is 17.4. The van der Waals surface area contributed by atoms with Gasteiger partial charge in [-0.25, -0.2) is 0 Å². The third kappa shape index (κ3) is 5.12. The summed E-state index contributed by atoms with van der Waals surface area (Å²) >= 11 is 0. The van der Waals surface area contributed by atoms with E-state index in [1.807, 2.05) is 56.3 Å². The number of aryl methyl sites for hydroxylation is 2. The highest BCUT2D eigenvalue weighted by molar-refractivity contribution is 6.10. The summed E-state index contributed by atoms with van der Waals surface area (Å²) in [4.78, 5) is 25.4. The molecular formula is C23H30N2O3. The highest BCUT2D eigenvalue weighted by atomic mass is 16.5. The Labute approximate surface area is 167 Å². The fourth-order valence-corrected chi connectivity index (χ4v) is 2.91. The van der Waals surface area contributed by atoms with Crippen LogP contribution in [0.25, 0.3) is 0 Å². The van der Waals surface area contributed by atoms with Crippen molar-refractivity contribution >= 4 is 17.5 Å². The van der Waals surface area contributed by atoms with Crippen molar-refractivity contribution in [1.82, 2.24) is 5.32 Å². The lowest BCUT2D eigenvalue weighted by atomic mass is 9.90. The molecule has 0 aliphatic rings. The van der Waals surface area contributed by atoms with Crippen LogP contribution in [-0.2, 0) is 22.4 Å². The zero-order chi connectivity index (χ0) is 20.7. The molecule has 5 nitrogen and oxygen atoms in total. The van der Waals surface area contributed by atoms with Gasteiger partial charge >= 0.3 is 0 Å². The van der Waals surface area contributed by atoms with Crippen LogP contribution < -0.4 is 15.4 Å². The van der Waals surface area contributed by atoms with E-state index in [2.05, 4.69) is 10.6 Å². The number of hydrogen-bond donors (Lipinski definition) is 2. The molecule has 0 spiro atoms. The number of amides is 2. The molecule has 0 heterocycles. The van der Waals surface area contributed by atoms with Gasteiger partial charge in [-0.3, -0.25) is 9.59 Å². The number of anilines is 1. The number of methoxy groups -OCH3 is 1. The number of para-hydroxylation sites is 1. The lowest BCUT2D eigenvalue weighted by Gasteiger charge is -2.24. The predicted octanol–water partition coefficient (Wildman–Crippen LogP) is 3.89. The summed E-state index contributed by atoms with van der Waals surface area (Å²) in [6.45, 7) is 7.76. The molecule has 0 atom stereocenters. The van der Waals surface area contributed by atoms with Crippen LogP contribution in [0.2, 0.25) is 0 Å². The van der Waals surface area contributed by atoms with Gasteiger partial charge in [0, 0.05) is 12.2 Å². The summed E-state index contributed by atoms with van der Waals surface area (Å²) in [6, 6.07) is 13.6. The van der Waals surface area contributed by atoms with E-state index in [9.17, 15) is 9.59 Å². The van der Waals surface area contributed by atoms with E-state index in [-0.39, 0.29) is 11.8 Å². The van der Waals surface area contributed by atoms with Gasteiger partial charge in [-0.05, 0) is 62.4 Å². The number of carbonyl (C=O) groups excluding carboxylic acids is 2. The van der Waals surface area contributed by atoms with Crippen molar-refractivity contribution in [2.75, 3.05) is 19.0 Å². The Balaban J connectivity index is 1.96.